The summed E-state index contributed by atoms with van der Waals surface area (Å²) >= 11 is 0. The number of pyridine rings is 1. The third-order valence-corrected chi connectivity index (χ3v) is 2.84. The van der Waals surface area contributed by atoms with Crippen molar-refractivity contribution in [3.05, 3.63) is 36.7 Å². The number of furan rings is 1. The van der Waals surface area contributed by atoms with Gasteiger partial charge < -0.3 is 14.2 Å². The molecule has 0 bridgehead atoms. The second-order valence-corrected chi connectivity index (χ2v) is 4.46. The minimum atomic E-state index is -4.31. The summed E-state index contributed by atoms with van der Waals surface area (Å²) in [6, 6.07) is 6.31. The fourth-order valence-electron chi connectivity index (χ4n) is 1.22. The lowest BCUT2D eigenvalue weighted by Crippen LogP contribution is -2.04. The highest BCUT2D eigenvalue weighted by Crippen LogP contribution is 2.37. The number of rotatable bonds is 2. The molecular formula is C9H8NO4P. The van der Waals surface area contributed by atoms with Gasteiger partial charge in [0.05, 0.1) is 6.26 Å². The fourth-order valence-corrected chi connectivity index (χ4v) is 1.91. The number of hydrogen-bond donors (Lipinski definition) is 2. The second kappa shape index (κ2) is 3.62. The largest absolute Gasteiger partial charge is 0.462 e. The Kier molecular flexibility index (Phi) is 2.44. The summed E-state index contributed by atoms with van der Waals surface area (Å²) in [5.74, 6) is 0.115. The molecule has 0 saturated carbocycles. The maximum Gasteiger partial charge on any atom is 0.360 e. The normalized spacial score (nSPS) is 11.6. The molecule has 0 aromatic carbocycles. The zero-order valence-electron chi connectivity index (χ0n) is 7.57. The maximum atomic E-state index is 11.1. The highest BCUT2D eigenvalue weighted by molar-refractivity contribution is 7.60. The van der Waals surface area contributed by atoms with Crippen molar-refractivity contribution in [3.63, 3.8) is 0 Å². The van der Waals surface area contributed by atoms with Gasteiger partial charge in [0.1, 0.15) is 11.0 Å². The molecule has 5 nitrogen and oxygen atoms in total. The third kappa shape index (κ3) is 1.99. The van der Waals surface area contributed by atoms with Crippen LogP contribution in [0.25, 0.3) is 11.5 Å². The van der Waals surface area contributed by atoms with Crippen molar-refractivity contribution in [2.45, 2.75) is 0 Å². The van der Waals surface area contributed by atoms with Crippen LogP contribution in [0.1, 0.15) is 0 Å². The van der Waals surface area contributed by atoms with E-state index in [9.17, 15) is 4.57 Å². The van der Waals surface area contributed by atoms with Crippen molar-refractivity contribution in [3.8, 4) is 11.5 Å². The van der Waals surface area contributed by atoms with Crippen LogP contribution in [-0.4, -0.2) is 14.8 Å². The van der Waals surface area contributed by atoms with Crippen molar-refractivity contribution in [1.29, 1.82) is 0 Å². The van der Waals surface area contributed by atoms with Crippen molar-refractivity contribution >= 4 is 12.9 Å². The van der Waals surface area contributed by atoms with E-state index in [4.69, 9.17) is 14.2 Å². The minimum Gasteiger partial charge on any atom is -0.462 e. The van der Waals surface area contributed by atoms with Crippen molar-refractivity contribution in [2.75, 3.05) is 0 Å². The zero-order chi connectivity index (χ0) is 10.9. The Morgan fingerprint density at radius 3 is 2.67 bits per heavy atom. The molecule has 0 spiro atoms. The molecular weight excluding hydrogens is 217 g/mol. The van der Waals surface area contributed by atoms with Gasteiger partial charge in [0.2, 0.25) is 0 Å². The summed E-state index contributed by atoms with van der Waals surface area (Å²) in [5, 5.41) is -0.138. The molecule has 6 heteroatoms. The number of nitrogens with zero attached hydrogens (tertiary/aromatic N) is 1. The molecule has 0 aliphatic carbocycles. The molecule has 0 saturated heterocycles. The zero-order valence-corrected chi connectivity index (χ0v) is 8.46. The molecule has 78 valence electrons. The Bertz CT molecular complexity index is 502. The van der Waals surface area contributed by atoms with Crippen molar-refractivity contribution in [2.24, 2.45) is 0 Å². The Labute approximate surface area is 85.6 Å². The van der Waals surface area contributed by atoms with Crippen LogP contribution in [0.15, 0.2) is 41.1 Å². The highest BCUT2D eigenvalue weighted by atomic mass is 31.2. The Hall–Kier alpha value is -1.42. The lowest BCUT2D eigenvalue weighted by atomic mass is 10.3. The van der Waals surface area contributed by atoms with Gasteiger partial charge >= 0.3 is 7.60 Å². The minimum absolute atomic E-state index is 0.115. The molecule has 2 rings (SSSR count). The first-order valence-electron chi connectivity index (χ1n) is 4.14. The van der Waals surface area contributed by atoms with Crippen LogP contribution in [0.4, 0.5) is 0 Å². The van der Waals surface area contributed by atoms with E-state index in [0.717, 1.165) is 0 Å². The van der Waals surface area contributed by atoms with Crippen LogP contribution in [0.2, 0.25) is 0 Å². The van der Waals surface area contributed by atoms with E-state index in [1.807, 2.05) is 0 Å². The van der Waals surface area contributed by atoms with E-state index in [2.05, 4.69) is 4.98 Å². The predicted molar refractivity (Wildman–Crippen MR) is 53.6 cm³/mol. The lowest BCUT2D eigenvalue weighted by molar-refractivity contribution is 0.387. The van der Waals surface area contributed by atoms with Crippen LogP contribution < -0.4 is 5.30 Å². The molecule has 0 aliphatic heterocycles. The van der Waals surface area contributed by atoms with Crippen molar-refractivity contribution in [1.82, 2.24) is 4.98 Å². The number of hydrogen-bond acceptors (Lipinski definition) is 3. The van der Waals surface area contributed by atoms with Crippen LogP contribution in [-0.2, 0) is 4.57 Å². The molecule has 2 aromatic heterocycles. The molecule has 0 atom stereocenters. The van der Waals surface area contributed by atoms with Gasteiger partial charge in [0.25, 0.3) is 0 Å². The summed E-state index contributed by atoms with van der Waals surface area (Å²) in [7, 11) is -4.31. The van der Waals surface area contributed by atoms with Crippen LogP contribution >= 0.6 is 7.60 Å². The molecule has 0 amide bonds. The van der Waals surface area contributed by atoms with Crippen LogP contribution in [0.3, 0.4) is 0 Å². The SMILES string of the molecule is O=P(O)(O)c1ccoc1-c1ccccn1. The Morgan fingerprint density at radius 2 is 2.07 bits per heavy atom. The van der Waals surface area contributed by atoms with E-state index in [0.29, 0.717) is 5.69 Å². The first-order chi connectivity index (χ1) is 7.09. The molecule has 0 radical (unpaired) electrons. The van der Waals surface area contributed by atoms with E-state index in [1.165, 1.54) is 18.5 Å². The van der Waals surface area contributed by atoms with Gasteiger partial charge in [0, 0.05) is 6.20 Å². The van der Waals surface area contributed by atoms with Gasteiger partial charge in [-0.2, -0.15) is 0 Å². The summed E-state index contributed by atoms with van der Waals surface area (Å²) in [5.41, 5.74) is 0.404. The molecule has 0 aliphatic rings. The van der Waals surface area contributed by atoms with Gasteiger partial charge in [-0.25, -0.2) is 0 Å². The highest BCUT2D eigenvalue weighted by Gasteiger charge is 2.25. The van der Waals surface area contributed by atoms with Gasteiger partial charge in [-0.3, -0.25) is 9.55 Å². The Morgan fingerprint density at radius 1 is 1.27 bits per heavy atom. The standard InChI is InChI=1S/C9H8NO4P/c11-15(12,13)8-4-6-14-9(8)7-3-1-2-5-10-7/h1-6H,(H2,11,12,13). The first kappa shape index (κ1) is 10.1. The first-order valence-corrected chi connectivity index (χ1v) is 5.75. The van der Waals surface area contributed by atoms with Gasteiger partial charge in [-0.1, -0.05) is 6.07 Å². The summed E-state index contributed by atoms with van der Waals surface area (Å²) in [6.45, 7) is 0. The summed E-state index contributed by atoms with van der Waals surface area (Å²) in [6.07, 6.45) is 2.76. The topological polar surface area (TPSA) is 83.6 Å². The quantitative estimate of drug-likeness (QED) is 0.749. The lowest BCUT2D eigenvalue weighted by Gasteiger charge is -2.03. The average Bonchev–Trinajstić information content (AvgIpc) is 2.67. The van der Waals surface area contributed by atoms with E-state index in [1.54, 1.807) is 18.2 Å². The van der Waals surface area contributed by atoms with Crippen LogP contribution in [0, 0.1) is 0 Å². The fraction of sp³-hybridized carbons (Fsp3) is 0. The average molecular weight is 225 g/mol. The van der Waals surface area contributed by atoms with Gasteiger partial charge in [0.15, 0.2) is 5.76 Å². The van der Waals surface area contributed by atoms with E-state index in [-0.39, 0.29) is 11.1 Å². The summed E-state index contributed by atoms with van der Waals surface area (Å²) in [4.78, 5) is 22.0. The summed E-state index contributed by atoms with van der Waals surface area (Å²) < 4.78 is 16.1. The molecule has 2 N–H and O–H groups in total. The Balaban J connectivity index is 2.56. The monoisotopic (exact) mass is 225 g/mol. The molecule has 2 heterocycles. The predicted octanol–water partition coefficient (Wildman–Crippen LogP) is 1.14. The third-order valence-electron chi connectivity index (χ3n) is 1.86. The van der Waals surface area contributed by atoms with Gasteiger partial charge in [-0.05, 0) is 18.2 Å². The number of aromatic nitrogens is 1. The van der Waals surface area contributed by atoms with E-state index >= 15 is 0 Å². The molecule has 15 heavy (non-hydrogen) atoms. The maximum absolute atomic E-state index is 11.1. The molecule has 2 aromatic rings. The van der Waals surface area contributed by atoms with E-state index < -0.39 is 7.60 Å². The van der Waals surface area contributed by atoms with Gasteiger partial charge in [-0.15, -0.1) is 0 Å². The smallest absolute Gasteiger partial charge is 0.360 e. The van der Waals surface area contributed by atoms with Crippen LogP contribution in [0.5, 0.6) is 0 Å². The molecule has 0 unspecified atom stereocenters. The van der Waals surface area contributed by atoms with Crippen molar-refractivity contribution < 1.29 is 18.8 Å². The second-order valence-electron chi connectivity index (χ2n) is 2.89. The molecule has 0 fully saturated rings.